The average Bonchev–Trinajstić information content (AvgIpc) is 2.74. The Kier molecular flexibility index (Phi) is 5.05. The van der Waals surface area contributed by atoms with Crippen LogP contribution >= 0.6 is 0 Å². The number of likely N-dealkylation sites (N-methyl/N-ethyl adjacent to an activating group) is 1. The molecule has 0 aliphatic carbocycles. The van der Waals surface area contributed by atoms with Crippen LogP contribution < -0.4 is 4.74 Å². The molecule has 2 rings (SSSR count). The van der Waals surface area contributed by atoms with Gasteiger partial charge in [0.2, 0.25) is 0 Å². The summed E-state index contributed by atoms with van der Waals surface area (Å²) in [6.45, 7) is 4.24. The van der Waals surface area contributed by atoms with Crippen LogP contribution in [0, 0.1) is 13.8 Å². The lowest BCUT2D eigenvalue weighted by molar-refractivity contribution is -0.143. The van der Waals surface area contributed by atoms with Gasteiger partial charge in [-0.1, -0.05) is 12.1 Å². The van der Waals surface area contributed by atoms with Crippen molar-refractivity contribution < 1.29 is 14.6 Å². The third-order valence-corrected chi connectivity index (χ3v) is 4.08. The molecule has 0 saturated heterocycles. The number of carboxylic acids is 1. The Morgan fingerprint density at radius 3 is 2.65 bits per heavy atom. The number of carboxylic acid groups (broad SMARTS) is 1. The highest BCUT2D eigenvalue weighted by Crippen LogP contribution is 2.27. The number of methoxy groups -OCH3 is 1. The van der Waals surface area contributed by atoms with Gasteiger partial charge in [-0.15, -0.1) is 0 Å². The monoisotopic (exact) mass is 317 g/mol. The third-order valence-electron chi connectivity index (χ3n) is 4.08. The molecule has 0 fully saturated rings. The molecule has 0 radical (unpaired) electrons. The molecule has 0 unspecified atom stereocenters. The van der Waals surface area contributed by atoms with Gasteiger partial charge in [-0.05, 0) is 38.6 Å². The van der Waals surface area contributed by atoms with Crippen molar-refractivity contribution in [2.75, 3.05) is 14.2 Å². The minimum atomic E-state index is -0.880. The van der Waals surface area contributed by atoms with Crippen LogP contribution in [0.2, 0.25) is 0 Å². The highest BCUT2D eigenvalue weighted by molar-refractivity contribution is 5.76. The Bertz CT molecular complexity index is 709. The second-order valence-corrected chi connectivity index (χ2v) is 5.72. The van der Waals surface area contributed by atoms with E-state index in [0.29, 0.717) is 6.54 Å². The summed E-state index contributed by atoms with van der Waals surface area (Å²) >= 11 is 0. The normalized spacial score (nSPS) is 12.4. The summed E-state index contributed by atoms with van der Waals surface area (Å²) in [4.78, 5) is 13.7. The quantitative estimate of drug-likeness (QED) is 0.885. The lowest BCUT2D eigenvalue weighted by Gasteiger charge is -2.25. The molecule has 1 aromatic carbocycles. The Labute approximate surface area is 136 Å². The summed E-state index contributed by atoms with van der Waals surface area (Å²) in [5.74, 6) is -0.119. The van der Waals surface area contributed by atoms with E-state index in [0.717, 1.165) is 28.3 Å². The van der Waals surface area contributed by atoms with Crippen LogP contribution in [0.3, 0.4) is 0 Å². The molecule has 0 amide bonds. The van der Waals surface area contributed by atoms with Gasteiger partial charge in [-0.2, -0.15) is 5.10 Å². The first-order valence-electron chi connectivity index (χ1n) is 7.41. The van der Waals surface area contributed by atoms with E-state index in [-0.39, 0.29) is 0 Å². The van der Waals surface area contributed by atoms with E-state index in [1.807, 2.05) is 57.1 Å². The number of hydrogen-bond donors (Lipinski definition) is 1. The first-order valence-corrected chi connectivity index (χ1v) is 7.41. The van der Waals surface area contributed by atoms with Gasteiger partial charge in [0.25, 0.3) is 0 Å². The van der Waals surface area contributed by atoms with Crippen LogP contribution in [-0.2, 0) is 18.4 Å². The highest BCUT2D eigenvalue weighted by Gasteiger charge is 2.30. The van der Waals surface area contributed by atoms with E-state index < -0.39 is 12.0 Å². The summed E-state index contributed by atoms with van der Waals surface area (Å²) in [6.07, 6.45) is 0. The Balaban J connectivity index is 2.32. The predicted molar refractivity (Wildman–Crippen MR) is 87.5 cm³/mol. The molecule has 23 heavy (non-hydrogen) atoms. The maximum absolute atomic E-state index is 11.9. The molecular formula is C17H23N3O3. The van der Waals surface area contributed by atoms with E-state index in [9.17, 15) is 9.90 Å². The molecule has 0 spiro atoms. The number of nitrogens with zero attached hydrogens (tertiary/aromatic N) is 3. The second-order valence-electron chi connectivity index (χ2n) is 5.72. The minimum absolute atomic E-state index is 0.502. The maximum Gasteiger partial charge on any atom is 0.325 e. The van der Waals surface area contributed by atoms with Gasteiger partial charge < -0.3 is 9.84 Å². The van der Waals surface area contributed by atoms with Crippen LogP contribution in [0.1, 0.15) is 28.6 Å². The lowest BCUT2D eigenvalue weighted by Crippen LogP contribution is -2.31. The van der Waals surface area contributed by atoms with Gasteiger partial charge in [-0.3, -0.25) is 14.4 Å². The average molecular weight is 317 g/mol. The number of aliphatic carboxylic acids is 1. The molecular weight excluding hydrogens is 294 g/mol. The van der Waals surface area contributed by atoms with Crippen LogP contribution in [-0.4, -0.2) is 39.9 Å². The SMILES string of the molecule is COc1cccc(CN(C)[C@H](C(=O)O)c2c(C)nn(C)c2C)c1. The molecule has 1 heterocycles. The number of rotatable bonds is 6. The van der Waals surface area contributed by atoms with Crippen LogP contribution in [0.5, 0.6) is 5.75 Å². The number of carbonyl (C=O) groups is 1. The van der Waals surface area contributed by atoms with Crippen molar-refractivity contribution in [2.45, 2.75) is 26.4 Å². The smallest absolute Gasteiger partial charge is 0.325 e. The molecule has 1 N–H and O–H groups in total. The van der Waals surface area contributed by atoms with E-state index in [2.05, 4.69) is 5.10 Å². The summed E-state index contributed by atoms with van der Waals surface area (Å²) in [7, 11) is 5.25. The van der Waals surface area contributed by atoms with E-state index in [1.54, 1.807) is 11.8 Å². The second kappa shape index (κ2) is 6.83. The van der Waals surface area contributed by atoms with E-state index in [4.69, 9.17) is 4.74 Å². The Morgan fingerprint density at radius 1 is 1.43 bits per heavy atom. The molecule has 0 bridgehead atoms. The number of ether oxygens (including phenoxy) is 1. The number of hydrogen-bond acceptors (Lipinski definition) is 4. The zero-order valence-electron chi connectivity index (χ0n) is 14.2. The van der Waals surface area contributed by atoms with Gasteiger partial charge in [0.15, 0.2) is 0 Å². The van der Waals surface area contributed by atoms with Gasteiger partial charge in [0, 0.05) is 24.8 Å². The number of benzene rings is 1. The van der Waals surface area contributed by atoms with Crippen LogP contribution in [0.25, 0.3) is 0 Å². The lowest BCUT2D eigenvalue weighted by atomic mass is 10.0. The molecule has 124 valence electrons. The molecule has 0 aliphatic heterocycles. The van der Waals surface area contributed by atoms with Crippen molar-refractivity contribution in [1.29, 1.82) is 0 Å². The summed E-state index contributed by atoms with van der Waals surface area (Å²) in [5, 5.41) is 14.1. The van der Waals surface area contributed by atoms with Crippen molar-refractivity contribution in [3.63, 3.8) is 0 Å². The van der Waals surface area contributed by atoms with E-state index in [1.165, 1.54) is 0 Å². The molecule has 1 aromatic heterocycles. The van der Waals surface area contributed by atoms with Crippen molar-refractivity contribution in [1.82, 2.24) is 14.7 Å². The zero-order valence-corrected chi connectivity index (χ0v) is 14.2. The standard InChI is InChI=1S/C17H23N3O3/c1-11-15(12(2)20(4)18-11)16(17(21)22)19(3)10-13-7-6-8-14(9-13)23-5/h6-9,16H,10H2,1-5H3,(H,21,22)/t16-/m0/s1. The summed E-state index contributed by atoms with van der Waals surface area (Å²) in [6, 6.07) is 6.90. The first kappa shape index (κ1) is 17.0. The van der Waals surface area contributed by atoms with Crippen molar-refractivity contribution in [3.05, 3.63) is 46.8 Å². The van der Waals surface area contributed by atoms with Crippen LogP contribution in [0.15, 0.2) is 24.3 Å². The Hall–Kier alpha value is -2.34. The number of aromatic nitrogens is 2. The molecule has 0 saturated carbocycles. The molecule has 1 atom stereocenters. The maximum atomic E-state index is 11.9. The van der Waals surface area contributed by atoms with Crippen molar-refractivity contribution in [3.8, 4) is 5.75 Å². The Morgan fingerprint density at radius 2 is 2.13 bits per heavy atom. The van der Waals surface area contributed by atoms with Gasteiger partial charge in [-0.25, -0.2) is 0 Å². The largest absolute Gasteiger partial charge is 0.497 e. The topological polar surface area (TPSA) is 67.6 Å². The van der Waals surface area contributed by atoms with Gasteiger partial charge >= 0.3 is 5.97 Å². The number of aryl methyl sites for hydroxylation is 2. The highest BCUT2D eigenvalue weighted by atomic mass is 16.5. The molecule has 6 heteroatoms. The zero-order chi connectivity index (χ0) is 17.1. The van der Waals surface area contributed by atoms with Crippen molar-refractivity contribution >= 4 is 5.97 Å². The molecule has 2 aromatic rings. The van der Waals surface area contributed by atoms with Gasteiger partial charge in [0.05, 0.1) is 12.8 Å². The fourth-order valence-electron chi connectivity index (χ4n) is 2.87. The fourth-order valence-corrected chi connectivity index (χ4v) is 2.87. The molecule has 0 aliphatic rings. The van der Waals surface area contributed by atoms with E-state index >= 15 is 0 Å². The van der Waals surface area contributed by atoms with Crippen LogP contribution in [0.4, 0.5) is 0 Å². The summed E-state index contributed by atoms with van der Waals surface area (Å²) in [5.41, 5.74) is 3.37. The predicted octanol–water partition coefficient (Wildman–Crippen LogP) is 2.30. The van der Waals surface area contributed by atoms with Gasteiger partial charge in [0.1, 0.15) is 11.8 Å². The molecule has 6 nitrogen and oxygen atoms in total. The third kappa shape index (κ3) is 3.53. The minimum Gasteiger partial charge on any atom is -0.497 e. The summed E-state index contributed by atoms with van der Waals surface area (Å²) < 4.78 is 6.94. The fraction of sp³-hybridized carbons (Fsp3) is 0.412. The van der Waals surface area contributed by atoms with Crippen molar-refractivity contribution in [2.24, 2.45) is 7.05 Å². The first-order chi connectivity index (χ1) is 10.8.